The van der Waals surface area contributed by atoms with E-state index in [0.29, 0.717) is 12.3 Å². The number of likely N-dealkylation sites (tertiary alicyclic amines) is 1. The van der Waals surface area contributed by atoms with E-state index in [-0.39, 0.29) is 11.6 Å². The van der Waals surface area contributed by atoms with Crippen LogP contribution in [0.4, 0.5) is 5.69 Å². The van der Waals surface area contributed by atoms with Gasteiger partial charge in [-0.05, 0) is 18.4 Å². The maximum absolute atomic E-state index is 12.5. The molecule has 0 unspecified atom stereocenters. The second-order valence-electron chi connectivity index (χ2n) is 7.18. The van der Waals surface area contributed by atoms with E-state index in [4.69, 9.17) is 0 Å². The molecule has 1 aliphatic heterocycles. The quantitative estimate of drug-likeness (QED) is 0.323. The van der Waals surface area contributed by atoms with Gasteiger partial charge in [0.1, 0.15) is 0 Å². The van der Waals surface area contributed by atoms with Crippen molar-refractivity contribution in [1.29, 1.82) is 0 Å². The standard InChI is InChI=1S/C22H22N4O3S/c27-21(24-11-4-5-12-24)16-30-22-23-14-20(18-9-6-10-19(13-18)26(28)29)25(22)15-17-7-2-1-3-8-17/h1-3,6-10,13-14H,4-5,11-12,15-16H2. The number of nitro groups is 1. The summed E-state index contributed by atoms with van der Waals surface area (Å²) in [6, 6.07) is 16.5. The molecule has 7 nitrogen and oxygen atoms in total. The number of thioether (sulfide) groups is 1. The summed E-state index contributed by atoms with van der Waals surface area (Å²) in [6.07, 6.45) is 3.86. The van der Waals surface area contributed by atoms with E-state index < -0.39 is 4.92 Å². The molecular weight excluding hydrogens is 400 g/mol. The first-order valence-electron chi connectivity index (χ1n) is 9.86. The van der Waals surface area contributed by atoms with Gasteiger partial charge < -0.3 is 9.47 Å². The van der Waals surface area contributed by atoms with Crippen LogP contribution in [-0.4, -0.2) is 44.1 Å². The molecule has 8 heteroatoms. The van der Waals surface area contributed by atoms with E-state index in [1.54, 1.807) is 18.3 Å². The molecule has 0 saturated carbocycles. The number of non-ortho nitro benzene ring substituents is 1. The molecule has 0 atom stereocenters. The molecule has 0 aliphatic carbocycles. The van der Waals surface area contributed by atoms with E-state index >= 15 is 0 Å². The summed E-state index contributed by atoms with van der Waals surface area (Å²) in [7, 11) is 0. The Kier molecular flexibility index (Phi) is 6.13. The summed E-state index contributed by atoms with van der Waals surface area (Å²) < 4.78 is 2.02. The largest absolute Gasteiger partial charge is 0.342 e. The van der Waals surface area contributed by atoms with Crippen LogP contribution in [0.2, 0.25) is 0 Å². The summed E-state index contributed by atoms with van der Waals surface area (Å²) in [6.45, 7) is 2.23. The number of carbonyl (C=O) groups excluding carboxylic acids is 1. The Balaban J connectivity index is 1.63. The van der Waals surface area contributed by atoms with Gasteiger partial charge in [-0.25, -0.2) is 4.98 Å². The van der Waals surface area contributed by atoms with E-state index in [0.717, 1.165) is 47.9 Å². The molecule has 154 valence electrons. The Morgan fingerprint density at radius 3 is 2.60 bits per heavy atom. The van der Waals surface area contributed by atoms with Crippen molar-refractivity contribution >= 4 is 23.4 Å². The van der Waals surface area contributed by atoms with E-state index in [9.17, 15) is 14.9 Å². The van der Waals surface area contributed by atoms with Crippen LogP contribution in [0.1, 0.15) is 18.4 Å². The van der Waals surface area contributed by atoms with Gasteiger partial charge in [-0.2, -0.15) is 0 Å². The van der Waals surface area contributed by atoms with Gasteiger partial charge in [0.25, 0.3) is 5.69 Å². The third-order valence-corrected chi connectivity index (χ3v) is 6.11. The minimum absolute atomic E-state index is 0.0402. The Bertz CT molecular complexity index is 1050. The lowest BCUT2D eigenvalue weighted by molar-refractivity contribution is -0.384. The fourth-order valence-corrected chi connectivity index (χ4v) is 4.47. The molecule has 2 aromatic carbocycles. The van der Waals surface area contributed by atoms with Crippen LogP contribution in [0, 0.1) is 10.1 Å². The normalized spacial score (nSPS) is 13.5. The molecule has 4 rings (SSSR count). The predicted molar refractivity (Wildman–Crippen MR) is 116 cm³/mol. The number of benzene rings is 2. The van der Waals surface area contributed by atoms with Crippen molar-refractivity contribution in [3.05, 3.63) is 76.5 Å². The third kappa shape index (κ3) is 4.54. The summed E-state index contributed by atoms with van der Waals surface area (Å²) in [5.74, 6) is 0.462. The average molecular weight is 423 g/mol. The number of aromatic nitrogens is 2. The zero-order chi connectivity index (χ0) is 20.9. The molecule has 0 bridgehead atoms. The number of hydrogen-bond acceptors (Lipinski definition) is 5. The molecule has 0 spiro atoms. The lowest BCUT2D eigenvalue weighted by Gasteiger charge is -2.15. The van der Waals surface area contributed by atoms with Gasteiger partial charge in [0.2, 0.25) is 5.91 Å². The number of nitrogens with zero attached hydrogens (tertiary/aromatic N) is 4. The molecule has 1 saturated heterocycles. The lowest BCUT2D eigenvalue weighted by Crippen LogP contribution is -2.29. The highest BCUT2D eigenvalue weighted by Crippen LogP contribution is 2.29. The molecule has 1 aromatic heterocycles. The number of hydrogen-bond donors (Lipinski definition) is 0. The zero-order valence-electron chi connectivity index (χ0n) is 16.4. The topological polar surface area (TPSA) is 81.3 Å². The first-order chi connectivity index (χ1) is 14.6. The van der Waals surface area contributed by atoms with E-state index in [2.05, 4.69) is 4.98 Å². The molecule has 3 aromatic rings. The number of carbonyl (C=O) groups is 1. The minimum atomic E-state index is -0.397. The van der Waals surface area contributed by atoms with Gasteiger partial charge in [-0.3, -0.25) is 14.9 Å². The van der Waals surface area contributed by atoms with Crippen LogP contribution in [0.5, 0.6) is 0 Å². The maximum atomic E-state index is 12.5. The third-order valence-electron chi connectivity index (χ3n) is 5.14. The average Bonchev–Trinajstić information content (AvgIpc) is 3.43. The predicted octanol–water partition coefficient (Wildman–Crippen LogP) is 4.22. The number of imidazole rings is 1. The molecule has 0 N–H and O–H groups in total. The van der Waals surface area contributed by atoms with Gasteiger partial charge >= 0.3 is 0 Å². The van der Waals surface area contributed by atoms with Gasteiger partial charge in [0, 0.05) is 30.8 Å². The lowest BCUT2D eigenvalue weighted by atomic mass is 10.1. The molecule has 2 heterocycles. The fourth-order valence-electron chi connectivity index (χ4n) is 3.59. The SMILES string of the molecule is O=C(CSc1ncc(-c2cccc([N+](=O)[O-])c2)n1Cc1ccccc1)N1CCCC1. The van der Waals surface area contributed by atoms with Crippen LogP contribution in [0.3, 0.4) is 0 Å². The second kappa shape index (κ2) is 9.13. The monoisotopic (exact) mass is 422 g/mol. The Hall–Kier alpha value is -3.13. The highest BCUT2D eigenvalue weighted by atomic mass is 32.2. The summed E-state index contributed by atoms with van der Waals surface area (Å²) in [4.78, 5) is 29.7. The Labute approximate surface area is 178 Å². The van der Waals surface area contributed by atoms with Crippen molar-refractivity contribution in [2.45, 2.75) is 24.5 Å². The number of amides is 1. The van der Waals surface area contributed by atoms with Crippen LogP contribution in [-0.2, 0) is 11.3 Å². The molecule has 1 fully saturated rings. The molecule has 1 aliphatic rings. The van der Waals surface area contributed by atoms with Crippen molar-refractivity contribution in [2.24, 2.45) is 0 Å². The van der Waals surface area contributed by atoms with Crippen molar-refractivity contribution in [3.63, 3.8) is 0 Å². The van der Waals surface area contributed by atoms with Crippen molar-refractivity contribution in [1.82, 2.24) is 14.5 Å². The second-order valence-corrected chi connectivity index (χ2v) is 8.12. The van der Waals surface area contributed by atoms with Crippen molar-refractivity contribution in [2.75, 3.05) is 18.8 Å². The zero-order valence-corrected chi connectivity index (χ0v) is 17.3. The highest BCUT2D eigenvalue weighted by Gasteiger charge is 2.20. The summed E-state index contributed by atoms with van der Waals surface area (Å²) in [5.41, 5.74) is 2.65. The van der Waals surface area contributed by atoms with Crippen LogP contribution in [0.25, 0.3) is 11.3 Å². The highest BCUT2D eigenvalue weighted by molar-refractivity contribution is 7.99. The summed E-state index contributed by atoms with van der Waals surface area (Å²) in [5, 5.41) is 11.9. The fraction of sp³-hybridized carbons (Fsp3) is 0.273. The first-order valence-corrected chi connectivity index (χ1v) is 10.9. The maximum Gasteiger partial charge on any atom is 0.270 e. The Morgan fingerprint density at radius 1 is 1.10 bits per heavy atom. The molecular formula is C22H22N4O3S. The smallest absolute Gasteiger partial charge is 0.270 e. The summed E-state index contributed by atoms with van der Waals surface area (Å²) >= 11 is 1.41. The first kappa shape index (κ1) is 20.2. The van der Waals surface area contributed by atoms with Gasteiger partial charge in [-0.1, -0.05) is 54.2 Å². The van der Waals surface area contributed by atoms with Crippen LogP contribution < -0.4 is 0 Å². The van der Waals surface area contributed by atoms with Crippen LogP contribution in [0.15, 0.2) is 66.0 Å². The van der Waals surface area contributed by atoms with E-state index in [1.807, 2.05) is 45.9 Å². The minimum Gasteiger partial charge on any atom is -0.342 e. The molecule has 0 radical (unpaired) electrons. The Morgan fingerprint density at radius 2 is 1.87 bits per heavy atom. The van der Waals surface area contributed by atoms with Gasteiger partial charge in [0.05, 0.1) is 29.1 Å². The number of rotatable bonds is 7. The van der Waals surface area contributed by atoms with Crippen LogP contribution >= 0.6 is 11.8 Å². The molecule has 1 amide bonds. The number of nitro benzene ring substituents is 1. The van der Waals surface area contributed by atoms with Gasteiger partial charge in [-0.15, -0.1) is 0 Å². The van der Waals surface area contributed by atoms with Crippen molar-refractivity contribution in [3.8, 4) is 11.3 Å². The van der Waals surface area contributed by atoms with Gasteiger partial charge in [0.15, 0.2) is 5.16 Å². The molecule has 30 heavy (non-hydrogen) atoms. The van der Waals surface area contributed by atoms with Crippen molar-refractivity contribution < 1.29 is 9.72 Å². The van der Waals surface area contributed by atoms with E-state index in [1.165, 1.54) is 17.8 Å².